The molecule has 0 aromatic heterocycles. The highest BCUT2D eigenvalue weighted by molar-refractivity contribution is 5.71. The molecule has 0 N–H and O–H groups in total. The molecule has 0 aromatic rings. The molecule has 1 unspecified atom stereocenters. The second-order valence-corrected chi connectivity index (χ2v) is 23.1. The molecule has 0 saturated carbocycles. The molecule has 0 heterocycles. The molecular formula is C75H130O6. The van der Waals surface area contributed by atoms with Crippen LogP contribution < -0.4 is 0 Å². The van der Waals surface area contributed by atoms with E-state index in [0.29, 0.717) is 19.3 Å². The van der Waals surface area contributed by atoms with Crippen LogP contribution in [-0.2, 0) is 28.6 Å². The Kier molecular flexibility index (Phi) is 65.7. The first-order chi connectivity index (χ1) is 40.0. The number of carbonyl (C=O) groups excluding carboxylic acids is 3. The molecule has 0 spiro atoms. The van der Waals surface area contributed by atoms with Crippen molar-refractivity contribution in [3.8, 4) is 0 Å². The van der Waals surface area contributed by atoms with Crippen molar-refractivity contribution in [1.29, 1.82) is 0 Å². The number of carbonyl (C=O) groups is 3. The average molecular weight is 1130 g/mol. The lowest BCUT2D eigenvalue weighted by atomic mass is 10.0. The van der Waals surface area contributed by atoms with Gasteiger partial charge in [0.05, 0.1) is 0 Å². The van der Waals surface area contributed by atoms with Crippen LogP contribution in [0.25, 0.3) is 0 Å². The van der Waals surface area contributed by atoms with E-state index in [9.17, 15) is 14.4 Å². The molecule has 0 rings (SSSR count). The van der Waals surface area contributed by atoms with Crippen LogP contribution in [0.5, 0.6) is 0 Å². The monoisotopic (exact) mass is 1130 g/mol. The van der Waals surface area contributed by atoms with E-state index in [4.69, 9.17) is 14.2 Å². The Morgan fingerprint density at radius 1 is 0.259 bits per heavy atom. The summed E-state index contributed by atoms with van der Waals surface area (Å²) in [6.45, 7) is 6.51. The van der Waals surface area contributed by atoms with Crippen molar-refractivity contribution in [1.82, 2.24) is 0 Å². The zero-order valence-electron chi connectivity index (χ0n) is 53.5. The van der Waals surface area contributed by atoms with Crippen LogP contribution in [0.2, 0.25) is 0 Å². The molecule has 0 aliphatic rings. The molecule has 0 saturated heterocycles. The van der Waals surface area contributed by atoms with Crippen LogP contribution in [0.4, 0.5) is 0 Å². The van der Waals surface area contributed by atoms with Crippen LogP contribution >= 0.6 is 0 Å². The van der Waals surface area contributed by atoms with Crippen LogP contribution in [0, 0.1) is 0 Å². The van der Waals surface area contributed by atoms with Gasteiger partial charge in [-0.2, -0.15) is 0 Å². The molecule has 0 fully saturated rings. The number of hydrogen-bond acceptors (Lipinski definition) is 6. The minimum absolute atomic E-state index is 0.0791. The summed E-state index contributed by atoms with van der Waals surface area (Å²) in [4.78, 5) is 38.4. The molecule has 0 aliphatic carbocycles. The highest BCUT2D eigenvalue weighted by Crippen LogP contribution is 2.17. The maximum Gasteiger partial charge on any atom is 0.306 e. The van der Waals surface area contributed by atoms with E-state index in [0.717, 1.165) is 103 Å². The third kappa shape index (κ3) is 67.0. The Hall–Kier alpha value is -3.67. The van der Waals surface area contributed by atoms with Gasteiger partial charge in [-0.3, -0.25) is 14.4 Å². The van der Waals surface area contributed by atoms with E-state index in [1.165, 1.54) is 199 Å². The fraction of sp³-hybridized carbons (Fsp3) is 0.747. The van der Waals surface area contributed by atoms with E-state index in [-0.39, 0.29) is 31.1 Å². The quantitative estimate of drug-likeness (QED) is 0.0261. The first-order valence-electron chi connectivity index (χ1n) is 34.7. The number of hydrogen-bond donors (Lipinski definition) is 0. The van der Waals surface area contributed by atoms with Gasteiger partial charge in [-0.15, -0.1) is 0 Å². The van der Waals surface area contributed by atoms with Crippen molar-refractivity contribution in [2.24, 2.45) is 0 Å². The van der Waals surface area contributed by atoms with Gasteiger partial charge < -0.3 is 14.2 Å². The predicted octanol–water partition coefficient (Wildman–Crippen LogP) is 24.0. The number of unbranched alkanes of at least 4 members (excludes halogenated alkanes) is 36. The normalized spacial score (nSPS) is 12.7. The standard InChI is InChI=1S/C75H130O6/c1-4-7-10-13-16-19-22-25-27-29-31-32-33-34-35-36-37-38-39-40-41-42-44-45-47-50-53-56-59-62-65-68-74(77)80-71-72(70-79-73(76)67-64-61-58-55-52-49-24-21-18-15-12-9-6-3)81-75(78)69-66-63-60-57-54-51-48-46-43-30-28-26-23-20-17-14-11-8-5-2/h7,10,16-17,19-21,24-28,31-32,34-35,72H,4-6,8-9,11-15,18,22-23,29-30,33,36-71H2,1-3H3/b10-7-,19-16-,20-17-,24-21-,27-25-,28-26-,32-31-,35-34-. The summed E-state index contributed by atoms with van der Waals surface area (Å²) >= 11 is 0. The summed E-state index contributed by atoms with van der Waals surface area (Å²) in [5, 5.41) is 0. The average Bonchev–Trinajstić information content (AvgIpc) is 3.46. The van der Waals surface area contributed by atoms with Gasteiger partial charge in [0.2, 0.25) is 0 Å². The maximum absolute atomic E-state index is 12.9. The van der Waals surface area contributed by atoms with Gasteiger partial charge >= 0.3 is 17.9 Å². The summed E-state index contributed by atoms with van der Waals surface area (Å²) in [6, 6.07) is 0. The smallest absolute Gasteiger partial charge is 0.306 e. The minimum atomic E-state index is -0.783. The Morgan fingerprint density at radius 3 is 0.790 bits per heavy atom. The van der Waals surface area contributed by atoms with Gasteiger partial charge in [-0.05, 0) is 122 Å². The van der Waals surface area contributed by atoms with Crippen molar-refractivity contribution in [2.75, 3.05) is 13.2 Å². The van der Waals surface area contributed by atoms with E-state index in [2.05, 4.69) is 118 Å². The Bertz CT molecular complexity index is 1580. The van der Waals surface area contributed by atoms with E-state index in [1.54, 1.807) is 0 Å². The van der Waals surface area contributed by atoms with E-state index >= 15 is 0 Å². The molecule has 0 radical (unpaired) electrons. The van der Waals surface area contributed by atoms with Crippen LogP contribution in [0.15, 0.2) is 97.2 Å². The molecule has 0 bridgehead atoms. The summed E-state index contributed by atoms with van der Waals surface area (Å²) in [5.74, 6) is -0.878. The third-order valence-electron chi connectivity index (χ3n) is 15.0. The van der Waals surface area contributed by atoms with Gasteiger partial charge in [-0.25, -0.2) is 0 Å². The number of esters is 3. The molecule has 1 atom stereocenters. The topological polar surface area (TPSA) is 78.9 Å². The SMILES string of the molecule is CC/C=C\C/C=C\C/C=C\C/C=C\C/C=C\CCCCCCCCCCCCCCCCCC(=O)OCC(COC(=O)CCCCCCC/C=C\CCCCCC)OC(=O)CCCCCCCCCCC/C=C\C/C=C\CCCCC. The zero-order valence-corrected chi connectivity index (χ0v) is 53.5. The molecule has 0 amide bonds. The van der Waals surface area contributed by atoms with E-state index in [1.807, 2.05) is 0 Å². The maximum atomic E-state index is 12.9. The second-order valence-electron chi connectivity index (χ2n) is 23.1. The summed E-state index contributed by atoms with van der Waals surface area (Å²) in [7, 11) is 0. The summed E-state index contributed by atoms with van der Waals surface area (Å²) < 4.78 is 17.0. The first-order valence-corrected chi connectivity index (χ1v) is 34.7. The fourth-order valence-corrected chi connectivity index (χ4v) is 9.85. The molecule has 81 heavy (non-hydrogen) atoms. The van der Waals surface area contributed by atoms with E-state index < -0.39 is 6.10 Å². The third-order valence-corrected chi connectivity index (χ3v) is 15.0. The lowest BCUT2D eigenvalue weighted by Crippen LogP contribution is -2.30. The highest BCUT2D eigenvalue weighted by atomic mass is 16.6. The van der Waals surface area contributed by atoms with Gasteiger partial charge in [0, 0.05) is 19.3 Å². The minimum Gasteiger partial charge on any atom is -0.462 e. The zero-order chi connectivity index (χ0) is 58.5. The Labute approximate surface area is 502 Å². The van der Waals surface area contributed by atoms with Crippen molar-refractivity contribution in [2.45, 2.75) is 348 Å². The largest absolute Gasteiger partial charge is 0.462 e. The lowest BCUT2D eigenvalue weighted by Gasteiger charge is -2.18. The fourth-order valence-electron chi connectivity index (χ4n) is 9.85. The molecular weight excluding hydrogens is 997 g/mol. The van der Waals surface area contributed by atoms with Crippen LogP contribution in [0.3, 0.4) is 0 Å². The molecule has 6 nitrogen and oxygen atoms in total. The number of allylic oxidation sites excluding steroid dienone is 16. The second kappa shape index (κ2) is 68.8. The summed E-state index contributed by atoms with van der Waals surface area (Å²) in [6.07, 6.45) is 92.9. The van der Waals surface area contributed by atoms with Crippen molar-refractivity contribution >= 4 is 17.9 Å². The number of ether oxygens (including phenoxy) is 3. The highest BCUT2D eigenvalue weighted by Gasteiger charge is 2.19. The summed E-state index contributed by atoms with van der Waals surface area (Å²) in [5.41, 5.74) is 0. The lowest BCUT2D eigenvalue weighted by molar-refractivity contribution is -0.167. The van der Waals surface area contributed by atoms with Gasteiger partial charge in [0.15, 0.2) is 6.10 Å². The molecule has 0 aliphatic heterocycles. The van der Waals surface area contributed by atoms with Crippen LogP contribution in [-0.4, -0.2) is 37.2 Å². The van der Waals surface area contributed by atoms with Crippen molar-refractivity contribution < 1.29 is 28.6 Å². The molecule has 0 aromatic carbocycles. The van der Waals surface area contributed by atoms with Gasteiger partial charge in [0.1, 0.15) is 13.2 Å². The van der Waals surface area contributed by atoms with Crippen molar-refractivity contribution in [3.63, 3.8) is 0 Å². The molecule has 6 heteroatoms. The predicted molar refractivity (Wildman–Crippen MR) is 353 cm³/mol. The van der Waals surface area contributed by atoms with Crippen molar-refractivity contribution in [3.05, 3.63) is 97.2 Å². The van der Waals surface area contributed by atoms with Crippen LogP contribution in [0.1, 0.15) is 342 Å². The molecule has 466 valence electrons. The Morgan fingerprint density at radius 2 is 0.481 bits per heavy atom. The first kappa shape index (κ1) is 77.3. The Balaban J connectivity index is 4.23. The van der Waals surface area contributed by atoms with Gasteiger partial charge in [-0.1, -0.05) is 298 Å². The number of rotatable bonds is 63. The van der Waals surface area contributed by atoms with Gasteiger partial charge in [0.25, 0.3) is 0 Å².